The fourth-order valence-electron chi connectivity index (χ4n) is 2.83. The highest BCUT2D eigenvalue weighted by atomic mass is 32.1. The molecule has 0 atom stereocenters. The van der Waals surface area contributed by atoms with Gasteiger partial charge in [0.05, 0.1) is 0 Å². The first-order chi connectivity index (χ1) is 11.8. The average Bonchev–Trinajstić information content (AvgIpc) is 2.56. The molecule has 25 heavy (non-hydrogen) atoms. The van der Waals surface area contributed by atoms with Gasteiger partial charge in [-0.3, -0.25) is 0 Å². The smallest absolute Gasteiger partial charge is 0.175 e. The zero-order valence-electron chi connectivity index (χ0n) is 15.2. The van der Waals surface area contributed by atoms with E-state index >= 15 is 0 Å². The van der Waals surface area contributed by atoms with Crippen LogP contribution in [0.25, 0.3) is 10.8 Å². The van der Waals surface area contributed by atoms with Crippen LogP contribution in [0.15, 0.2) is 60.7 Å². The van der Waals surface area contributed by atoms with Gasteiger partial charge in [0.25, 0.3) is 0 Å². The van der Waals surface area contributed by atoms with Crippen molar-refractivity contribution in [2.75, 3.05) is 10.6 Å². The SMILES string of the molecule is Cc1ccc(C(C)(C)C)cc1NC(=S)Nc1cccc2ccccc12. The minimum absolute atomic E-state index is 0.106. The van der Waals surface area contributed by atoms with Gasteiger partial charge in [-0.05, 0) is 53.2 Å². The van der Waals surface area contributed by atoms with Gasteiger partial charge in [-0.2, -0.15) is 0 Å². The summed E-state index contributed by atoms with van der Waals surface area (Å²) < 4.78 is 0. The van der Waals surface area contributed by atoms with Crippen molar-refractivity contribution in [3.05, 3.63) is 71.8 Å². The standard InChI is InChI=1S/C22H24N2S/c1-15-12-13-17(22(2,3)4)14-20(15)24-21(25)23-19-11-7-9-16-8-5-6-10-18(16)19/h5-14H,1-4H3,(H2,23,24,25). The molecule has 3 aromatic carbocycles. The predicted octanol–water partition coefficient (Wildman–Crippen LogP) is 6.25. The van der Waals surface area contributed by atoms with Crippen molar-refractivity contribution in [3.8, 4) is 0 Å². The molecular formula is C22H24N2S. The Bertz CT molecular complexity index is 917. The van der Waals surface area contributed by atoms with Gasteiger partial charge in [0.2, 0.25) is 0 Å². The molecule has 0 saturated heterocycles. The van der Waals surface area contributed by atoms with Crippen molar-refractivity contribution in [2.24, 2.45) is 0 Å². The Hall–Kier alpha value is -2.39. The monoisotopic (exact) mass is 348 g/mol. The van der Waals surface area contributed by atoms with Gasteiger partial charge in [-0.15, -0.1) is 0 Å². The maximum atomic E-state index is 5.56. The summed E-state index contributed by atoms with van der Waals surface area (Å²) in [5.74, 6) is 0. The summed E-state index contributed by atoms with van der Waals surface area (Å²) >= 11 is 5.56. The number of hydrogen-bond donors (Lipinski definition) is 2. The van der Waals surface area contributed by atoms with Crippen molar-refractivity contribution in [3.63, 3.8) is 0 Å². The van der Waals surface area contributed by atoms with Gasteiger partial charge in [0, 0.05) is 16.8 Å². The largest absolute Gasteiger partial charge is 0.332 e. The van der Waals surface area contributed by atoms with E-state index in [0.717, 1.165) is 16.8 Å². The Labute approximate surface area is 155 Å². The minimum Gasteiger partial charge on any atom is -0.332 e. The lowest BCUT2D eigenvalue weighted by molar-refractivity contribution is 0.590. The molecule has 0 aliphatic rings. The molecule has 0 bridgehead atoms. The van der Waals surface area contributed by atoms with Crippen LogP contribution in [0.4, 0.5) is 11.4 Å². The summed E-state index contributed by atoms with van der Waals surface area (Å²) in [4.78, 5) is 0. The van der Waals surface area contributed by atoms with Crippen LogP contribution in [-0.2, 0) is 5.41 Å². The summed E-state index contributed by atoms with van der Waals surface area (Å²) in [6.07, 6.45) is 0. The van der Waals surface area contributed by atoms with Crippen molar-refractivity contribution < 1.29 is 0 Å². The number of nitrogens with one attached hydrogen (secondary N) is 2. The van der Waals surface area contributed by atoms with Gasteiger partial charge >= 0.3 is 0 Å². The molecule has 3 aromatic rings. The highest BCUT2D eigenvalue weighted by Crippen LogP contribution is 2.27. The van der Waals surface area contributed by atoms with Crippen molar-refractivity contribution >= 4 is 39.5 Å². The van der Waals surface area contributed by atoms with E-state index in [1.165, 1.54) is 16.5 Å². The third kappa shape index (κ3) is 3.99. The van der Waals surface area contributed by atoms with Crippen molar-refractivity contribution in [1.29, 1.82) is 0 Å². The molecule has 0 fully saturated rings. The average molecular weight is 349 g/mol. The molecule has 0 aliphatic carbocycles. The van der Waals surface area contributed by atoms with E-state index in [2.05, 4.69) is 80.8 Å². The third-order valence-electron chi connectivity index (χ3n) is 4.39. The molecule has 0 unspecified atom stereocenters. The second-order valence-electron chi connectivity index (χ2n) is 7.39. The van der Waals surface area contributed by atoms with Gasteiger partial charge in [-0.25, -0.2) is 0 Å². The molecule has 0 heterocycles. The maximum Gasteiger partial charge on any atom is 0.175 e. The van der Waals surface area contributed by atoms with E-state index in [0.29, 0.717) is 5.11 Å². The summed E-state index contributed by atoms with van der Waals surface area (Å²) in [5.41, 5.74) is 4.63. The Kier molecular flexibility index (Phi) is 4.78. The topological polar surface area (TPSA) is 24.1 Å². The molecule has 0 aliphatic heterocycles. The molecule has 0 radical (unpaired) electrons. The summed E-state index contributed by atoms with van der Waals surface area (Å²) in [7, 11) is 0. The number of anilines is 2. The Morgan fingerprint density at radius 1 is 0.840 bits per heavy atom. The highest BCUT2D eigenvalue weighted by molar-refractivity contribution is 7.80. The molecule has 3 heteroatoms. The molecule has 0 spiro atoms. The summed E-state index contributed by atoms with van der Waals surface area (Å²) in [6.45, 7) is 8.74. The van der Waals surface area contributed by atoms with Crippen LogP contribution in [0, 0.1) is 6.92 Å². The Balaban J connectivity index is 1.83. The number of hydrogen-bond acceptors (Lipinski definition) is 1. The molecular weight excluding hydrogens is 324 g/mol. The van der Waals surface area contributed by atoms with Crippen molar-refractivity contribution in [2.45, 2.75) is 33.1 Å². The number of benzene rings is 3. The fourth-order valence-corrected chi connectivity index (χ4v) is 3.05. The molecule has 0 amide bonds. The molecule has 3 rings (SSSR count). The van der Waals surface area contributed by atoms with Crippen LogP contribution in [0.1, 0.15) is 31.9 Å². The normalized spacial score (nSPS) is 11.4. The summed E-state index contributed by atoms with van der Waals surface area (Å²) in [6, 6.07) is 21.0. The zero-order valence-corrected chi connectivity index (χ0v) is 16.0. The number of fused-ring (bicyclic) bond motifs is 1. The number of aryl methyl sites for hydroxylation is 1. The molecule has 2 nitrogen and oxygen atoms in total. The molecule has 2 N–H and O–H groups in total. The lowest BCUT2D eigenvalue weighted by atomic mass is 9.86. The minimum atomic E-state index is 0.106. The van der Waals surface area contributed by atoms with Crippen molar-refractivity contribution in [1.82, 2.24) is 0 Å². The van der Waals surface area contributed by atoms with Crippen LogP contribution in [0.5, 0.6) is 0 Å². The van der Waals surface area contributed by atoms with E-state index in [4.69, 9.17) is 12.2 Å². The first-order valence-corrected chi connectivity index (χ1v) is 8.92. The highest BCUT2D eigenvalue weighted by Gasteiger charge is 2.15. The molecule has 0 aromatic heterocycles. The van der Waals surface area contributed by atoms with E-state index in [1.807, 2.05) is 18.2 Å². The lowest BCUT2D eigenvalue weighted by Crippen LogP contribution is -2.20. The molecule has 128 valence electrons. The number of rotatable bonds is 2. The Morgan fingerprint density at radius 2 is 1.52 bits per heavy atom. The van der Waals surface area contributed by atoms with Gasteiger partial charge in [0.15, 0.2) is 5.11 Å². The van der Waals surface area contributed by atoms with E-state index < -0.39 is 0 Å². The van der Waals surface area contributed by atoms with Gasteiger partial charge in [-0.1, -0.05) is 69.3 Å². The first-order valence-electron chi connectivity index (χ1n) is 8.51. The lowest BCUT2D eigenvalue weighted by Gasteiger charge is -2.21. The molecule has 0 saturated carbocycles. The zero-order chi connectivity index (χ0) is 18.0. The van der Waals surface area contributed by atoms with Crippen LogP contribution in [-0.4, -0.2) is 5.11 Å². The van der Waals surface area contributed by atoms with E-state index in [-0.39, 0.29) is 5.41 Å². The second-order valence-corrected chi connectivity index (χ2v) is 7.79. The maximum absolute atomic E-state index is 5.56. The fraction of sp³-hybridized carbons (Fsp3) is 0.227. The quantitative estimate of drug-likeness (QED) is 0.535. The van der Waals surface area contributed by atoms with Gasteiger partial charge in [0.1, 0.15) is 0 Å². The van der Waals surface area contributed by atoms with Crippen LogP contribution < -0.4 is 10.6 Å². The third-order valence-corrected chi connectivity index (χ3v) is 4.59. The van der Waals surface area contributed by atoms with E-state index in [1.54, 1.807) is 0 Å². The Morgan fingerprint density at radius 3 is 2.28 bits per heavy atom. The van der Waals surface area contributed by atoms with Gasteiger partial charge < -0.3 is 10.6 Å². The first kappa shape index (κ1) is 17.4. The van der Waals surface area contributed by atoms with E-state index in [9.17, 15) is 0 Å². The number of thiocarbonyl (C=S) groups is 1. The van der Waals surface area contributed by atoms with Crippen LogP contribution in [0.3, 0.4) is 0 Å². The van der Waals surface area contributed by atoms with Crippen LogP contribution in [0.2, 0.25) is 0 Å². The second kappa shape index (κ2) is 6.85. The predicted molar refractivity (Wildman–Crippen MR) is 114 cm³/mol. The summed E-state index contributed by atoms with van der Waals surface area (Å²) in [5, 5.41) is 9.65. The van der Waals surface area contributed by atoms with Crippen LogP contribution >= 0.6 is 12.2 Å².